The highest BCUT2D eigenvalue weighted by Gasteiger charge is 2.13. The third-order valence-corrected chi connectivity index (χ3v) is 4.64. The van der Waals surface area contributed by atoms with Crippen LogP contribution < -0.4 is 5.32 Å². The van der Waals surface area contributed by atoms with E-state index in [1.807, 2.05) is 50.5 Å². The van der Waals surface area contributed by atoms with E-state index in [1.165, 1.54) is 11.3 Å². The standard InChI is InChI=1S/C19H19N3O3S/c1-4-25-19(24)15-11-26-18(21-15)13-5-7-14(8-6-13)20-17(23)16-9-12(2)10-22(16)3/h5-11H,4H2,1-3H3,(H,20,23). The molecule has 0 atom stereocenters. The lowest BCUT2D eigenvalue weighted by Crippen LogP contribution is -2.15. The Kier molecular flexibility index (Phi) is 5.18. The second-order valence-electron chi connectivity index (χ2n) is 5.80. The molecule has 0 fully saturated rings. The van der Waals surface area contributed by atoms with Crippen molar-refractivity contribution in [3.63, 3.8) is 0 Å². The summed E-state index contributed by atoms with van der Waals surface area (Å²) in [6.45, 7) is 4.03. The maximum atomic E-state index is 12.3. The van der Waals surface area contributed by atoms with E-state index >= 15 is 0 Å². The zero-order valence-corrected chi connectivity index (χ0v) is 15.6. The van der Waals surface area contributed by atoms with E-state index < -0.39 is 5.97 Å². The predicted molar refractivity (Wildman–Crippen MR) is 102 cm³/mol. The monoisotopic (exact) mass is 369 g/mol. The number of aromatic nitrogens is 2. The van der Waals surface area contributed by atoms with Crippen molar-refractivity contribution in [3.05, 3.63) is 58.9 Å². The third kappa shape index (κ3) is 3.83. The van der Waals surface area contributed by atoms with E-state index in [-0.39, 0.29) is 5.91 Å². The Balaban J connectivity index is 1.71. The van der Waals surface area contributed by atoms with Crippen LogP contribution in [0.15, 0.2) is 41.9 Å². The molecule has 0 aliphatic carbocycles. The summed E-state index contributed by atoms with van der Waals surface area (Å²) < 4.78 is 6.75. The molecule has 2 heterocycles. The minimum absolute atomic E-state index is 0.160. The Bertz CT molecular complexity index is 941. The molecular formula is C19H19N3O3S. The van der Waals surface area contributed by atoms with Crippen molar-refractivity contribution in [1.29, 1.82) is 0 Å². The molecule has 0 spiro atoms. The van der Waals surface area contributed by atoms with Crippen LogP contribution in [0.3, 0.4) is 0 Å². The number of rotatable bonds is 5. The van der Waals surface area contributed by atoms with Crippen molar-refractivity contribution in [1.82, 2.24) is 9.55 Å². The Morgan fingerprint density at radius 3 is 2.62 bits per heavy atom. The topological polar surface area (TPSA) is 73.2 Å². The van der Waals surface area contributed by atoms with Gasteiger partial charge in [-0.25, -0.2) is 9.78 Å². The molecule has 0 radical (unpaired) electrons. The van der Waals surface area contributed by atoms with Gasteiger partial charge in [-0.1, -0.05) is 0 Å². The molecule has 3 rings (SSSR count). The molecule has 7 heteroatoms. The Labute approximate surface area is 155 Å². The van der Waals surface area contributed by atoms with Gasteiger partial charge < -0.3 is 14.6 Å². The van der Waals surface area contributed by atoms with E-state index in [1.54, 1.807) is 16.9 Å². The van der Waals surface area contributed by atoms with Gasteiger partial charge in [-0.05, 0) is 49.7 Å². The molecule has 0 aliphatic heterocycles. The molecule has 0 saturated heterocycles. The van der Waals surface area contributed by atoms with E-state index in [2.05, 4.69) is 10.3 Å². The number of carbonyl (C=O) groups excluding carboxylic acids is 2. The van der Waals surface area contributed by atoms with Crippen molar-refractivity contribution in [2.75, 3.05) is 11.9 Å². The molecule has 0 saturated carbocycles. The lowest BCUT2D eigenvalue weighted by Gasteiger charge is -2.06. The van der Waals surface area contributed by atoms with Crippen LogP contribution in [-0.4, -0.2) is 28.0 Å². The largest absolute Gasteiger partial charge is 0.461 e. The molecule has 3 aromatic rings. The van der Waals surface area contributed by atoms with Crippen LogP contribution in [0.4, 0.5) is 5.69 Å². The number of nitrogens with zero attached hydrogens (tertiary/aromatic N) is 2. The summed E-state index contributed by atoms with van der Waals surface area (Å²) in [5, 5.41) is 5.29. The summed E-state index contributed by atoms with van der Waals surface area (Å²) in [5.41, 5.74) is 3.51. The smallest absolute Gasteiger partial charge is 0.357 e. The Hall–Kier alpha value is -2.93. The van der Waals surface area contributed by atoms with Crippen LogP contribution in [0.5, 0.6) is 0 Å². The fraction of sp³-hybridized carbons (Fsp3) is 0.211. The van der Waals surface area contributed by atoms with Crippen LogP contribution in [-0.2, 0) is 11.8 Å². The first kappa shape index (κ1) is 17.9. The van der Waals surface area contributed by atoms with Gasteiger partial charge >= 0.3 is 5.97 Å². The maximum absolute atomic E-state index is 12.3. The minimum Gasteiger partial charge on any atom is -0.461 e. The molecule has 134 valence electrons. The van der Waals surface area contributed by atoms with E-state index in [0.717, 1.165) is 16.1 Å². The number of amides is 1. The maximum Gasteiger partial charge on any atom is 0.357 e. The molecule has 1 aromatic carbocycles. The number of nitrogens with one attached hydrogen (secondary N) is 1. The van der Waals surface area contributed by atoms with Crippen LogP contribution in [0.1, 0.15) is 33.5 Å². The van der Waals surface area contributed by atoms with Gasteiger partial charge in [-0.15, -0.1) is 11.3 Å². The van der Waals surface area contributed by atoms with Gasteiger partial charge in [0.05, 0.1) is 6.61 Å². The summed E-state index contributed by atoms with van der Waals surface area (Å²) in [6.07, 6.45) is 1.90. The number of esters is 1. The fourth-order valence-corrected chi connectivity index (χ4v) is 3.35. The third-order valence-electron chi connectivity index (χ3n) is 3.75. The number of carbonyl (C=O) groups is 2. The number of aryl methyl sites for hydroxylation is 2. The minimum atomic E-state index is -0.420. The van der Waals surface area contributed by atoms with Gasteiger partial charge in [0.15, 0.2) is 5.69 Å². The second kappa shape index (κ2) is 7.53. The Morgan fingerprint density at radius 2 is 2.00 bits per heavy atom. The zero-order valence-electron chi connectivity index (χ0n) is 14.8. The summed E-state index contributed by atoms with van der Waals surface area (Å²) in [6, 6.07) is 9.19. The van der Waals surface area contributed by atoms with E-state index in [4.69, 9.17) is 4.74 Å². The first-order chi connectivity index (χ1) is 12.5. The van der Waals surface area contributed by atoms with Crippen molar-refractivity contribution < 1.29 is 14.3 Å². The van der Waals surface area contributed by atoms with Crippen molar-refractivity contribution in [3.8, 4) is 10.6 Å². The van der Waals surface area contributed by atoms with Crippen LogP contribution in [0.2, 0.25) is 0 Å². The summed E-state index contributed by atoms with van der Waals surface area (Å²) in [7, 11) is 1.84. The van der Waals surface area contributed by atoms with Gasteiger partial charge in [0.1, 0.15) is 10.7 Å². The second-order valence-corrected chi connectivity index (χ2v) is 6.66. The van der Waals surface area contributed by atoms with Crippen molar-refractivity contribution >= 4 is 28.9 Å². The molecule has 0 bridgehead atoms. The number of anilines is 1. The highest BCUT2D eigenvalue weighted by atomic mass is 32.1. The summed E-state index contributed by atoms with van der Waals surface area (Å²) >= 11 is 1.38. The molecule has 1 N–H and O–H groups in total. The summed E-state index contributed by atoms with van der Waals surface area (Å²) in [5.74, 6) is -0.580. The molecule has 6 nitrogen and oxygen atoms in total. The lowest BCUT2D eigenvalue weighted by atomic mass is 10.2. The first-order valence-corrected chi connectivity index (χ1v) is 9.03. The zero-order chi connectivity index (χ0) is 18.7. The molecule has 1 amide bonds. The number of benzene rings is 1. The van der Waals surface area contributed by atoms with Gasteiger partial charge in [-0.2, -0.15) is 0 Å². The summed E-state index contributed by atoms with van der Waals surface area (Å²) in [4.78, 5) is 28.4. The van der Waals surface area contributed by atoms with Crippen LogP contribution in [0.25, 0.3) is 10.6 Å². The average molecular weight is 369 g/mol. The van der Waals surface area contributed by atoms with Gasteiger partial charge in [0.25, 0.3) is 5.91 Å². The van der Waals surface area contributed by atoms with Crippen molar-refractivity contribution in [2.45, 2.75) is 13.8 Å². The number of thiazole rings is 1. The lowest BCUT2D eigenvalue weighted by molar-refractivity contribution is 0.0520. The van der Waals surface area contributed by atoms with Crippen LogP contribution in [0, 0.1) is 6.92 Å². The fourth-order valence-electron chi connectivity index (χ4n) is 2.55. The van der Waals surface area contributed by atoms with Crippen LogP contribution >= 0.6 is 11.3 Å². The quantitative estimate of drug-likeness (QED) is 0.693. The molecule has 26 heavy (non-hydrogen) atoms. The predicted octanol–water partition coefficient (Wildman–Crippen LogP) is 3.89. The molecule has 2 aromatic heterocycles. The SMILES string of the molecule is CCOC(=O)c1csc(-c2ccc(NC(=O)c3cc(C)cn3C)cc2)n1. The highest BCUT2D eigenvalue weighted by molar-refractivity contribution is 7.13. The highest BCUT2D eigenvalue weighted by Crippen LogP contribution is 2.25. The van der Waals surface area contributed by atoms with E-state index in [0.29, 0.717) is 23.7 Å². The molecule has 0 aliphatic rings. The van der Waals surface area contributed by atoms with Gasteiger partial charge in [0, 0.05) is 29.9 Å². The van der Waals surface area contributed by atoms with E-state index in [9.17, 15) is 9.59 Å². The first-order valence-electron chi connectivity index (χ1n) is 8.15. The van der Waals surface area contributed by atoms with Crippen molar-refractivity contribution in [2.24, 2.45) is 7.05 Å². The van der Waals surface area contributed by atoms with Gasteiger partial charge in [0.2, 0.25) is 0 Å². The Morgan fingerprint density at radius 1 is 1.27 bits per heavy atom. The average Bonchev–Trinajstić information content (AvgIpc) is 3.22. The molecular weight excluding hydrogens is 350 g/mol. The molecule has 0 unspecified atom stereocenters. The number of hydrogen-bond acceptors (Lipinski definition) is 5. The normalized spacial score (nSPS) is 10.6. The number of ether oxygens (including phenoxy) is 1. The number of hydrogen-bond donors (Lipinski definition) is 1. The van der Waals surface area contributed by atoms with Gasteiger partial charge in [-0.3, -0.25) is 4.79 Å².